The highest BCUT2D eigenvalue weighted by atomic mass is 19.4. The van der Waals surface area contributed by atoms with Crippen molar-refractivity contribution in [2.45, 2.75) is 32.0 Å². The van der Waals surface area contributed by atoms with Gasteiger partial charge in [0.1, 0.15) is 0 Å². The highest BCUT2D eigenvalue weighted by Gasteiger charge is 2.30. The molecule has 3 nitrogen and oxygen atoms in total. The van der Waals surface area contributed by atoms with Crippen LogP contribution in [-0.2, 0) is 6.18 Å². The smallest absolute Gasteiger partial charge is 0.347 e. The summed E-state index contributed by atoms with van der Waals surface area (Å²) >= 11 is 0. The first-order valence-electron chi connectivity index (χ1n) is 5.85. The number of amides is 1. The zero-order valence-corrected chi connectivity index (χ0v) is 10.8. The number of nitrogens with one attached hydrogen (secondary N) is 1. The van der Waals surface area contributed by atoms with Crippen molar-refractivity contribution in [2.24, 2.45) is 5.73 Å². The highest BCUT2D eigenvalue weighted by molar-refractivity contribution is 5.94. The molecule has 0 aliphatic heterocycles. The maximum absolute atomic E-state index is 12.4. The molecule has 0 spiro atoms. The van der Waals surface area contributed by atoms with Crippen molar-refractivity contribution < 1.29 is 18.0 Å². The van der Waals surface area contributed by atoms with E-state index in [0.29, 0.717) is 13.0 Å². The summed E-state index contributed by atoms with van der Waals surface area (Å²) in [4.78, 5) is 11.9. The van der Waals surface area contributed by atoms with Gasteiger partial charge in [0.15, 0.2) is 0 Å². The van der Waals surface area contributed by atoms with Gasteiger partial charge in [0, 0.05) is 11.1 Å². The maximum atomic E-state index is 12.4. The quantitative estimate of drug-likeness (QED) is 0.886. The summed E-state index contributed by atoms with van der Waals surface area (Å²) in [6.07, 6.45) is -3.81. The summed E-state index contributed by atoms with van der Waals surface area (Å²) in [6, 6.07) is 4.11. The molecule has 0 atom stereocenters. The number of alkyl halides is 3. The Balaban J connectivity index is 2.79. The van der Waals surface area contributed by atoms with E-state index >= 15 is 0 Å². The van der Waals surface area contributed by atoms with E-state index in [0.717, 1.165) is 24.3 Å². The van der Waals surface area contributed by atoms with Gasteiger partial charge in [0.2, 0.25) is 0 Å². The van der Waals surface area contributed by atoms with Crippen LogP contribution in [0.3, 0.4) is 0 Å². The van der Waals surface area contributed by atoms with Crippen LogP contribution < -0.4 is 11.1 Å². The maximum Gasteiger partial charge on any atom is 0.416 e. The number of rotatable bonds is 4. The summed E-state index contributed by atoms with van der Waals surface area (Å²) in [5.41, 5.74) is 4.35. The lowest BCUT2D eigenvalue weighted by molar-refractivity contribution is -0.137. The fraction of sp³-hybridized carbons (Fsp3) is 0.462. The van der Waals surface area contributed by atoms with Crippen molar-refractivity contribution in [3.05, 3.63) is 35.4 Å². The van der Waals surface area contributed by atoms with Crippen LogP contribution in [-0.4, -0.2) is 18.0 Å². The summed E-state index contributed by atoms with van der Waals surface area (Å²) in [6.45, 7) is 4.03. The first kappa shape index (κ1) is 15.5. The van der Waals surface area contributed by atoms with Crippen LogP contribution in [0.1, 0.15) is 36.2 Å². The Kier molecular flexibility index (Phi) is 4.57. The Bertz CT molecular complexity index is 438. The van der Waals surface area contributed by atoms with Crippen molar-refractivity contribution in [1.29, 1.82) is 0 Å². The van der Waals surface area contributed by atoms with Crippen LogP contribution in [0.25, 0.3) is 0 Å². The standard InChI is InChI=1S/C13H17F3N2O/c1-12(2,7-8-17)18-11(19)9-3-5-10(6-4-9)13(14,15)16/h3-6H,7-8,17H2,1-2H3,(H,18,19). The Morgan fingerprint density at radius 3 is 2.16 bits per heavy atom. The molecule has 0 saturated carbocycles. The Labute approximate surface area is 110 Å². The Hall–Kier alpha value is -1.56. The minimum atomic E-state index is -4.40. The third-order valence-electron chi connectivity index (χ3n) is 2.70. The predicted octanol–water partition coefficient (Wildman–Crippen LogP) is 2.56. The topological polar surface area (TPSA) is 55.1 Å². The van der Waals surface area contributed by atoms with Crippen molar-refractivity contribution in [3.8, 4) is 0 Å². The molecule has 1 aromatic carbocycles. The van der Waals surface area contributed by atoms with Crippen molar-refractivity contribution in [3.63, 3.8) is 0 Å². The number of halogens is 3. The molecule has 0 unspecified atom stereocenters. The normalized spacial score (nSPS) is 12.3. The fourth-order valence-corrected chi connectivity index (χ4v) is 1.61. The van der Waals surface area contributed by atoms with Crippen molar-refractivity contribution in [2.75, 3.05) is 6.54 Å². The van der Waals surface area contributed by atoms with Crippen molar-refractivity contribution in [1.82, 2.24) is 5.32 Å². The van der Waals surface area contributed by atoms with E-state index in [1.165, 1.54) is 0 Å². The lowest BCUT2D eigenvalue weighted by Gasteiger charge is -2.25. The third-order valence-corrected chi connectivity index (χ3v) is 2.70. The van der Waals surface area contributed by atoms with E-state index in [-0.39, 0.29) is 5.56 Å². The average Bonchev–Trinajstić information content (AvgIpc) is 2.27. The number of carbonyl (C=O) groups is 1. The van der Waals surface area contributed by atoms with Gasteiger partial charge in [0.05, 0.1) is 5.56 Å². The second kappa shape index (κ2) is 5.61. The largest absolute Gasteiger partial charge is 0.416 e. The molecular weight excluding hydrogens is 257 g/mol. The van der Waals surface area contributed by atoms with Gasteiger partial charge in [-0.25, -0.2) is 0 Å². The van der Waals surface area contributed by atoms with E-state index in [2.05, 4.69) is 5.32 Å². The Morgan fingerprint density at radius 2 is 1.74 bits per heavy atom. The van der Waals surface area contributed by atoms with Gasteiger partial charge in [-0.05, 0) is 51.1 Å². The molecule has 0 aliphatic rings. The van der Waals surface area contributed by atoms with E-state index in [9.17, 15) is 18.0 Å². The molecule has 1 amide bonds. The molecule has 19 heavy (non-hydrogen) atoms. The molecule has 0 saturated heterocycles. The predicted molar refractivity (Wildman–Crippen MR) is 66.7 cm³/mol. The summed E-state index contributed by atoms with van der Waals surface area (Å²) < 4.78 is 37.1. The summed E-state index contributed by atoms with van der Waals surface area (Å²) in [5.74, 6) is -0.410. The van der Waals surface area contributed by atoms with Gasteiger partial charge in [-0.2, -0.15) is 13.2 Å². The Morgan fingerprint density at radius 1 is 1.21 bits per heavy atom. The molecule has 3 N–H and O–H groups in total. The zero-order valence-electron chi connectivity index (χ0n) is 10.8. The zero-order chi connectivity index (χ0) is 14.7. The van der Waals surface area contributed by atoms with Crippen LogP contribution in [0.5, 0.6) is 0 Å². The minimum absolute atomic E-state index is 0.193. The van der Waals surface area contributed by atoms with Crippen LogP contribution in [0.4, 0.5) is 13.2 Å². The van der Waals surface area contributed by atoms with Crippen LogP contribution in [0.2, 0.25) is 0 Å². The summed E-state index contributed by atoms with van der Waals surface area (Å²) in [7, 11) is 0. The number of benzene rings is 1. The second-order valence-corrected chi connectivity index (χ2v) is 4.95. The number of carbonyl (C=O) groups excluding carboxylic acids is 1. The second-order valence-electron chi connectivity index (χ2n) is 4.95. The molecule has 0 radical (unpaired) electrons. The van der Waals surface area contributed by atoms with E-state index in [4.69, 9.17) is 5.73 Å². The minimum Gasteiger partial charge on any atom is -0.347 e. The first-order valence-corrected chi connectivity index (χ1v) is 5.85. The first-order chi connectivity index (χ1) is 8.65. The fourth-order valence-electron chi connectivity index (χ4n) is 1.61. The SMILES string of the molecule is CC(C)(CCN)NC(=O)c1ccc(C(F)(F)F)cc1. The number of hydrogen-bond donors (Lipinski definition) is 2. The van der Waals surface area contributed by atoms with E-state index < -0.39 is 23.2 Å². The lowest BCUT2D eigenvalue weighted by atomic mass is 10.00. The third kappa shape index (κ3) is 4.55. The molecule has 0 aromatic heterocycles. The molecule has 0 fully saturated rings. The van der Waals surface area contributed by atoms with Crippen LogP contribution in [0.15, 0.2) is 24.3 Å². The molecule has 0 bridgehead atoms. The van der Waals surface area contributed by atoms with Crippen LogP contribution in [0, 0.1) is 0 Å². The van der Waals surface area contributed by atoms with Gasteiger partial charge in [-0.15, -0.1) is 0 Å². The average molecular weight is 274 g/mol. The summed E-state index contributed by atoms with van der Waals surface area (Å²) in [5, 5.41) is 2.73. The molecule has 106 valence electrons. The monoisotopic (exact) mass is 274 g/mol. The molecule has 0 heterocycles. The van der Waals surface area contributed by atoms with Crippen molar-refractivity contribution >= 4 is 5.91 Å². The number of hydrogen-bond acceptors (Lipinski definition) is 2. The number of nitrogens with two attached hydrogens (primary N) is 1. The molecular formula is C13H17F3N2O. The van der Waals surface area contributed by atoms with Crippen LogP contribution >= 0.6 is 0 Å². The lowest BCUT2D eigenvalue weighted by Crippen LogP contribution is -2.44. The molecule has 1 rings (SSSR count). The van der Waals surface area contributed by atoms with Gasteiger partial charge in [-0.3, -0.25) is 4.79 Å². The van der Waals surface area contributed by atoms with E-state index in [1.807, 2.05) is 13.8 Å². The van der Waals surface area contributed by atoms with Gasteiger partial charge in [0.25, 0.3) is 5.91 Å². The molecule has 1 aromatic rings. The molecule has 6 heteroatoms. The van der Waals surface area contributed by atoms with Gasteiger partial charge in [-0.1, -0.05) is 0 Å². The molecule has 0 aliphatic carbocycles. The van der Waals surface area contributed by atoms with Gasteiger partial charge >= 0.3 is 6.18 Å². The highest BCUT2D eigenvalue weighted by Crippen LogP contribution is 2.29. The van der Waals surface area contributed by atoms with E-state index in [1.54, 1.807) is 0 Å². The van der Waals surface area contributed by atoms with Gasteiger partial charge < -0.3 is 11.1 Å².